The van der Waals surface area contributed by atoms with Gasteiger partial charge in [-0.3, -0.25) is 19.2 Å². The molecule has 256 valence electrons. The van der Waals surface area contributed by atoms with Crippen molar-refractivity contribution < 1.29 is 43.6 Å². The maximum atomic E-state index is 14.6. The number of rotatable bonds is 7. The lowest BCUT2D eigenvalue weighted by atomic mass is 9.47. The molecule has 1 saturated heterocycles. The highest BCUT2D eigenvalue weighted by molar-refractivity contribution is 5.95. The number of Topliss-reactive ketones (excluding diaryl/α,β-unsaturated/α-hetero) is 1. The van der Waals surface area contributed by atoms with Crippen LogP contribution in [0, 0.1) is 22.7 Å². The molecule has 1 aliphatic heterocycles. The lowest BCUT2D eigenvalue weighted by Crippen LogP contribution is -2.69. The molecule has 10 heteroatoms. The molecule has 3 fully saturated rings. The predicted octanol–water partition coefficient (Wildman–Crippen LogP) is 4.24. The first-order chi connectivity index (χ1) is 22.7. The highest BCUT2D eigenvalue weighted by Crippen LogP contribution is 2.61. The Kier molecular flexibility index (Phi) is 8.89. The number of hydrogen-bond donors (Lipinski definition) is 3. The summed E-state index contributed by atoms with van der Waals surface area (Å²) in [6.07, 6.45) is -3.35. The van der Waals surface area contributed by atoms with E-state index in [2.05, 4.69) is 5.32 Å². The summed E-state index contributed by atoms with van der Waals surface area (Å²) in [5, 5.41) is 27.1. The van der Waals surface area contributed by atoms with Gasteiger partial charge in [-0.25, -0.2) is 0 Å². The molecule has 1 amide bonds. The number of carbonyl (C=O) groups excluding carboxylic acids is 4. The summed E-state index contributed by atoms with van der Waals surface area (Å²) in [5.41, 5.74) is -1.81. The summed E-state index contributed by atoms with van der Waals surface area (Å²) >= 11 is 0. The average molecular weight is 660 g/mol. The van der Waals surface area contributed by atoms with Crippen LogP contribution in [0.15, 0.2) is 71.8 Å². The fraction of sp³-hybridized carbons (Fsp3) is 0.526. The molecule has 10 nitrogen and oxygen atoms in total. The zero-order valence-corrected chi connectivity index (χ0v) is 28.1. The number of ether oxygens (including phenoxy) is 3. The number of nitrogens with one attached hydrogen (secondary N) is 1. The van der Waals surface area contributed by atoms with E-state index in [0.717, 1.165) is 5.56 Å². The summed E-state index contributed by atoms with van der Waals surface area (Å²) in [6.45, 7) is 8.73. The SMILES string of the molecule is CC(=O)O[C@H]1C(=O)C2(C)C(O)C[C@H]3OC[C@H]3C2CC2(O)C[C@H](OC(=O)C[C@H](NC(=O)c3ccccc3)c3ccccc3)C(C)=C1C2(C)C. The number of aliphatic hydroxyl groups excluding tert-OH is 1. The number of benzene rings is 2. The van der Waals surface area contributed by atoms with Crippen molar-refractivity contribution >= 4 is 23.6 Å². The average Bonchev–Trinajstić information content (AvgIpc) is 3.03. The van der Waals surface area contributed by atoms with Gasteiger partial charge in [0.05, 0.1) is 42.3 Å². The molecular formula is C38H45NO9. The number of amides is 1. The van der Waals surface area contributed by atoms with Crippen LogP contribution in [0.3, 0.4) is 0 Å². The third-order valence-electron chi connectivity index (χ3n) is 11.7. The summed E-state index contributed by atoms with van der Waals surface area (Å²) in [5.74, 6) is -2.60. The van der Waals surface area contributed by atoms with Crippen molar-refractivity contribution in [2.24, 2.45) is 22.7 Å². The number of aliphatic hydroxyl groups is 2. The van der Waals surface area contributed by atoms with Gasteiger partial charge >= 0.3 is 11.9 Å². The summed E-state index contributed by atoms with van der Waals surface area (Å²) in [6, 6.07) is 17.1. The summed E-state index contributed by atoms with van der Waals surface area (Å²) < 4.78 is 17.7. The maximum Gasteiger partial charge on any atom is 0.308 e. The third-order valence-corrected chi connectivity index (χ3v) is 11.7. The van der Waals surface area contributed by atoms with Crippen LogP contribution in [0.2, 0.25) is 0 Å². The Balaban J connectivity index is 1.35. The Bertz CT molecular complexity index is 1620. The number of fused-ring (bicyclic) bond motifs is 5. The largest absolute Gasteiger partial charge is 0.458 e. The van der Waals surface area contributed by atoms with Crippen LogP contribution in [0.5, 0.6) is 0 Å². The Labute approximate surface area is 280 Å². The van der Waals surface area contributed by atoms with Gasteiger partial charge in [0.25, 0.3) is 5.91 Å². The van der Waals surface area contributed by atoms with Gasteiger partial charge in [-0.1, -0.05) is 62.4 Å². The second-order valence-electron chi connectivity index (χ2n) is 14.7. The van der Waals surface area contributed by atoms with Crippen LogP contribution < -0.4 is 5.32 Å². The van der Waals surface area contributed by atoms with Crippen molar-refractivity contribution in [3.63, 3.8) is 0 Å². The van der Waals surface area contributed by atoms with E-state index in [9.17, 15) is 29.4 Å². The first-order valence-corrected chi connectivity index (χ1v) is 16.7. The summed E-state index contributed by atoms with van der Waals surface area (Å²) in [4.78, 5) is 54.1. The molecule has 0 radical (unpaired) electrons. The van der Waals surface area contributed by atoms with Crippen LogP contribution >= 0.6 is 0 Å². The van der Waals surface area contributed by atoms with Crippen LogP contribution in [0.4, 0.5) is 0 Å². The van der Waals surface area contributed by atoms with Gasteiger partial charge in [0, 0.05) is 36.7 Å². The van der Waals surface area contributed by atoms with E-state index in [1.165, 1.54) is 6.92 Å². The zero-order valence-electron chi connectivity index (χ0n) is 28.1. The molecule has 9 atom stereocenters. The monoisotopic (exact) mass is 659 g/mol. The molecule has 4 unspecified atom stereocenters. The van der Waals surface area contributed by atoms with Crippen molar-refractivity contribution in [2.75, 3.05) is 6.61 Å². The first-order valence-electron chi connectivity index (χ1n) is 16.7. The van der Waals surface area contributed by atoms with E-state index < -0.39 is 64.4 Å². The minimum Gasteiger partial charge on any atom is -0.458 e. The highest BCUT2D eigenvalue weighted by atomic mass is 16.6. The molecule has 0 spiro atoms. The second-order valence-corrected chi connectivity index (χ2v) is 14.7. The quantitative estimate of drug-likeness (QED) is 0.293. The van der Waals surface area contributed by atoms with E-state index in [0.29, 0.717) is 23.3 Å². The smallest absolute Gasteiger partial charge is 0.308 e. The molecule has 6 rings (SSSR count). The topological polar surface area (TPSA) is 148 Å². The fourth-order valence-electron chi connectivity index (χ4n) is 8.66. The van der Waals surface area contributed by atoms with E-state index in [1.807, 2.05) is 50.2 Å². The van der Waals surface area contributed by atoms with E-state index in [-0.39, 0.29) is 43.6 Å². The van der Waals surface area contributed by atoms with E-state index >= 15 is 0 Å². The Hall–Kier alpha value is -3.86. The van der Waals surface area contributed by atoms with Crippen molar-refractivity contribution in [2.45, 2.75) is 96.4 Å². The van der Waals surface area contributed by atoms with Gasteiger partial charge in [0.1, 0.15) is 6.10 Å². The van der Waals surface area contributed by atoms with Gasteiger partial charge in [0.2, 0.25) is 0 Å². The molecule has 1 heterocycles. The lowest BCUT2D eigenvalue weighted by molar-refractivity contribution is -0.244. The summed E-state index contributed by atoms with van der Waals surface area (Å²) in [7, 11) is 0. The maximum absolute atomic E-state index is 14.6. The van der Waals surface area contributed by atoms with Crippen molar-refractivity contribution in [3.05, 3.63) is 82.9 Å². The molecule has 2 aromatic rings. The normalized spacial score (nSPS) is 34.3. The first kappa shape index (κ1) is 34.0. The van der Waals surface area contributed by atoms with Gasteiger partial charge in [-0.05, 0) is 55.0 Å². The Morgan fingerprint density at radius 1 is 1.00 bits per heavy atom. The number of ketones is 1. The van der Waals surface area contributed by atoms with Gasteiger partial charge in [-0.2, -0.15) is 0 Å². The highest BCUT2D eigenvalue weighted by Gasteiger charge is 2.67. The Morgan fingerprint density at radius 2 is 1.65 bits per heavy atom. The Morgan fingerprint density at radius 3 is 2.25 bits per heavy atom. The molecular weight excluding hydrogens is 614 g/mol. The molecule has 48 heavy (non-hydrogen) atoms. The van der Waals surface area contributed by atoms with Crippen LogP contribution in [0.1, 0.15) is 82.3 Å². The molecule has 4 aliphatic rings. The van der Waals surface area contributed by atoms with Crippen LogP contribution in [-0.4, -0.2) is 70.5 Å². The van der Waals surface area contributed by atoms with Crippen LogP contribution in [0.25, 0.3) is 0 Å². The molecule has 3 aliphatic carbocycles. The number of hydrogen-bond acceptors (Lipinski definition) is 9. The van der Waals surface area contributed by atoms with E-state index in [4.69, 9.17) is 14.2 Å². The van der Waals surface area contributed by atoms with Crippen molar-refractivity contribution in [1.29, 1.82) is 0 Å². The van der Waals surface area contributed by atoms with Crippen LogP contribution in [-0.2, 0) is 28.6 Å². The predicted molar refractivity (Wildman–Crippen MR) is 174 cm³/mol. The molecule has 2 bridgehead atoms. The molecule has 2 saturated carbocycles. The van der Waals surface area contributed by atoms with Crippen molar-refractivity contribution in [1.82, 2.24) is 5.32 Å². The fourth-order valence-corrected chi connectivity index (χ4v) is 8.66. The van der Waals surface area contributed by atoms with Gasteiger partial charge < -0.3 is 29.7 Å². The number of carbonyl (C=O) groups is 4. The minimum atomic E-state index is -1.50. The zero-order chi connectivity index (χ0) is 34.6. The van der Waals surface area contributed by atoms with Gasteiger partial charge in [0.15, 0.2) is 11.9 Å². The second kappa shape index (κ2) is 12.5. The standard InChI is InChI=1S/C38H45NO9/c1-21-29(48-31(42)16-27(23-12-8-6-9-13-23)39-35(44)24-14-10-7-11-15-24)19-38(45)18-26-25-20-46-28(25)17-30(41)37(26,5)34(43)33(47-22(2)40)32(21)36(38,3)4/h6-15,25-30,33,41,45H,16-20H2,1-5H3,(H,39,44)/t25-,26?,27-,28+,29-,30?,33+,37?,38?/m0/s1. The number of esters is 2. The molecule has 2 aromatic carbocycles. The van der Waals surface area contributed by atoms with Gasteiger partial charge in [-0.15, -0.1) is 0 Å². The lowest BCUT2D eigenvalue weighted by Gasteiger charge is -2.62. The third kappa shape index (κ3) is 5.67. The molecule has 0 aromatic heterocycles. The molecule has 3 N–H and O–H groups in total. The van der Waals surface area contributed by atoms with Crippen molar-refractivity contribution in [3.8, 4) is 0 Å². The van der Waals surface area contributed by atoms with E-state index in [1.54, 1.807) is 38.1 Å². The minimum absolute atomic E-state index is 0.0371.